The highest BCUT2D eigenvalue weighted by atomic mass is 16.2. The average Bonchev–Trinajstić information content (AvgIpc) is 3.09. The number of nitrogens with zero attached hydrogens (tertiary/aromatic N) is 2. The number of carbonyl (C=O) groups is 2. The molecule has 3 rings (SSSR count). The van der Waals surface area contributed by atoms with Crippen LogP contribution in [0.15, 0.2) is 60.8 Å². The van der Waals surface area contributed by atoms with Crippen LogP contribution in [0.25, 0.3) is 10.9 Å². The second-order valence-electron chi connectivity index (χ2n) is 6.34. The molecule has 2 amide bonds. The number of likely N-dealkylation sites (N-methyl/N-ethyl adjacent to an activating group) is 1. The van der Waals surface area contributed by atoms with Gasteiger partial charge in [0, 0.05) is 43.0 Å². The van der Waals surface area contributed by atoms with Gasteiger partial charge in [-0.2, -0.15) is 0 Å². The van der Waals surface area contributed by atoms with Crippen LogP contribution in [-0.4, -0.2) is 34.9 Å². The summed E-state index contributed by atoms with van der Waals surface area (Å²) in [6.07, 6.45) is 7.66. The highest BCUT2D eigenvalue weighted by molar-refractivity contribution is 5.94. The van der Waals surface area contributed by atoms with Crippen molar-refractivity contribution in [3.05, 3.63) is 66.4 Å². The summed E-state index contributed by atoms with van der Waals surface area (Å²) in [6, 6.07) is 17.1. The van der Waals surface area contributed by atoms with Gasteiger partial charge in [-0.1, -0.05) is 30.2 Å². The molecule has 0 unspecified atom stereocenters. The van der Waals surface area contributed by atoms with E-state index in [-0.39, 0.29) is 18.4 Å². The van der Waals surface area contributed by atoms with Crippen LogP contribution in [0.1, 0.15) is 12.0 Å². The monoisotopic (exact) mass is 359 g/mol. The molecule has 1 aromatic heterocycles. The summed E-state index contributed by atoms with van der Waals surface area (Å²) in [5.74, 6) is 2.18. The SMILES string of the molecule is C#Cc1cccc(NC(=O)CN(C)C(=O)CCn2ccc3ccccc32)c1. The number of nitrogens with one attached hydrogen (secondary N) is 1. The molecule has 27 heavy (non-hydrogen) atoms. The molecule has 0 aliphatic carbocycles. The fourth-order valence-corrected chi connectivity index (χ4v) is 2.93. The lowest BCUT2D eigenvalue weighted by molar-refractivity contribution is -0.133. The number of aromatic nitrogens is 1. The summed E-state index contributed by atoms with van der Waals surface area (Å²) in [5, 5.41) is 3.91. The van der Waals surface area contributed by atoms with E-state index in [0.29, 0.717) is 24.2 Å². The third-order valence-electron chi connectivity index (χ3n) is 4.37. The normalized spacial score (nSPS) is 10.4. The van der Waals surface area contributed by atoms with Crippen molar-refractivity contribution < 1.29 is 9.59 Å². The van der Waals surface area contributed by atoms with Crippen molar-refractivity contribution in [3.63, 3.8) is 0 Å². The number of rotatable bonds is 6. The minimum absolute atomic E-state index is 0.00839. The largest absolute Gasteiger partial charge is 0.347 e. The van der Waals surface area contributed by atoms with Crippen LogP contribution >= 0.6 is 0 Å². The van der Waals surface area contributed by atoms with Crippen LogP contribution < -0.4 is 5.32 Å². The van der Waals surface area contributed by atoms with Crippen LogP contribution in [0.3, 0.4) is 0 Å². The van der Waals surface area contributed by atoms with Crippen LogP contribution in [-0.2, 0) is 16.1 Å². The van der Waals surface area contributed by atoms with E-state index < -0.39 is 0 Å². The first-order valence-corrected chi connectivity index (χ1v) is 8.71. The number of fused-ring (bicyclic) bond motifs is 1. The summed E-state index contributed by atoms with van der Waals surface area (Å²) in [6.45, 7) is 0.564. The number of hydrogen-bond donors (Lipinski definition) is 1. The van der Waals surface area contributed by atoms with Gasteiger partial charge in [0.15, 0.2) is 0 Å². The molecule has 0 atom stereocenters. The Kier molecular flexibility index (Phi) is 5.58. The Bertz CT molecular complexity index is 1010. The predicted molar refractivity (Wildman–Crippen MR) is 107 cm³/mol. The molecule has 2 aromatic carbocycles. The lowest BCUT2D eigenvalue weighted by atomic mass is 10.2. The van der Waals surface area contributed by atoms with E-state index in [2.05, 4.69) is 11.2 Å². The fraction of sp³-hybridized carbons (Fsp3) is 0.182. The zero-order valence-corrected chi connectivity index (χ0v) is 15.2. The van der Waals surface area contributed by atoms with Crippen LogP contribution in [0, 0.1) is 12.3 Å². The molecule has 0 radical (unpaired) electrons. The van der Waals surface area contributed by atoms with Gasteiger partial charge in [0.05, 0.1) is 6.54 Å². The molecule has 1 N–H and O–H groups in total. The lowest BCUT2D eigenvalue weighted by Gasteiger charge is -2.17. The second kappa shape index (κ2) is 8.24. The molecule has 5 heteroatoms. The highest BCUT2D eigenvalue weighted by Crippen LogP contribution is 2.15. The van der Waals surface area contributed by atoms with E-state index in [1.165, 1.54) is 4.90 Å². The topological polar surface area (TPSA) is 54.3 Å². The zero-order valence-electron chi connectivity index (χ0n) is 15.2. The molecule has 0 bridgehead atoms. The van der Waals surface area contributed by atoms with Gasteiger partial charge in [-0.05, 0) is 35.7 Å². The third kappa shape index (κ3) is 4.56. The fourth-order valence-electron chi connectivity index (χ4n) is 2.93. The van der Waals surface area contributed by atoms with Crippen molar-refractivity contribution in [3.8, 4) is 12.3 Å². The number of hydrogen-bond acceptors (Lipinski definition) is 2. The van der Waals surface area contributed by atoms with Gasteiger partial charge in [-0.15, -0.1) is 6.42 Å². The number of para-hydroxylation sites is 1. The first kappa shape index (κ1) is 18.3. The molecule has 3 aromatic rings. The minimum atomic E-state index is -0.258. The Labute approximate surface area is 158 Å². The Morgan fingerprint density at radius 1 is 1.15 bits per heavy atom. The van der Waals surface area contributed by atoms with Gasteiger partial charge in [0.25, 0.3) is 0 Å². The Hall–Kier alpha value is -3.52. The van der Waals surface area contributed by atoms with Crippen LogP contribution in [0.5, 0.6) is 0 Å². The summed E-state index contributed by atoms with van der Waals surface area (Å²) in [7, 11) is 1.63. The summed E-state index contributed by atoms with van der Waals surface area (Å²) < 4.78 is 2.05. The molecular formula is C22H21N3O2. The number of anilines is 1. The molecule has 0 aliphatic rings. The average molecular weight is 359 g/mol. The van der Waals surface area contributed by atoms with E-state index in [9.17, 15) is 9.59 Å². The van der Waals surface area contributed by atoms with Gasteiger partial charge >= 0.3 is 0 Å². The number of benzene rings is 2. The van der Waals surface area contributed by atoms with E-state index in [1.807, 2.05) is 41.1 Å². The van der Waals surface area contributed by atoms with Gasteiger partial charge in [-0.3, -0.25) is 9.59 Å². The number of terminal acetylenes is 1. The van der Waals surface area contributed by atoms with Gasteiger partial charge < -0.3 is 14.8 Å². The third-order valence-corrected chi connectivity index (χ3v) is 4.37. The quantitative estimate of drug-likeness (QED) is 0.688. The van der Waals surface area contributed by atoms with Crippen molar-refractivity contribution in [2.45, 2.75) is 13.0 Å². The first-order valence-electron chi connectivity index (χ1n) is 8.71. The molecule has 0 fully saturated rings. The summed E-state index contributed by atoms with van der Waals surface area (Å²) in [5.41, 5.74) is 2.41. The Balaban J connectivity index is 1.52. The standard InChI is InChI=1S/C22H21N3O2/c1-3-17-7-6-9-19(15-17)23-21(26)16-24(2)22(27)12-14-25-13-11-18-8-4-5-10-20(18)25/h1,4-11,13,15H,12,14,16H2,2H3,(H,23,26). The van der Waals surface area contributed by atoms with E-state index in [0.717, 1.165) is 10.9 Å². The molecule has 136 valence electrons. The maximum Gasteiger partial charge on any atom is 0.243 e. The van der Waals surface area contributed by atoms with Gasteiger partial charge in [0.2, 0.25) is 11.8 Å². The molecule has 0 spiro atoms. The highest BCUT2D eigenvalue weighted by Gasteiger charge is 2.13. The maximum atomic E-state index is 12.4. The maximum absolute atomic E-state index is 12.4. The smallest absolute Gasteiger partial charge is 0.243 e. The molecular weight excluding hydrogens is 338 g/mol. The molecule has 5 nitrogen and oxygen atoms in total. The van der Waals surface area contributed by atoms with E-state index in [1.54, 1.807) is 31.3 Å². The van der Waals surface area contributed by atoms with Crippen LogP contribution in [0.4, 0.5) is 5.69 Å². The molecule has 0 saturated heterocycles. The minimum Gasteiger partial charge on any atom is -0.347 e. The summed E-state index contributed by atoms with van der Waals surface area (Å²) in [4.78, 5) is 26.0. The van der Waals surface area contributed by atoms with Crippen molar-refractivity contribution in [2.75, 3.05) is 18.9 Å². The zero-order chi connectivity index (χ0) is 19.2. The Morgan fingerprint density at radius 2 is 1.96 bits per heavy atom. The first-order chi connectivity index (χ1) is 13.1. The second-order valence-corrected chi connectivity index (χ2v) is 6.34. The van der Waals surface area contributed by atoms with Crippen molar-refractivity contribution in [1.82, 2.24) is 9.47 Å². The predicted octanol–water partition coefficient (Wildman–Crippen LogP) is 3.11. The molecule has 1 heterocycles. The number of amides is 2. The molecule has 0 saturated carbocycles. The Morgan fingerprint density at radius 3 is 2.78 bits per heavy atom. The van der Waals surface area contributed by atoms with E-state index >= 15 is 0 Å². The number of aryl methyl sites for hydroxylation is 1. The van der Waals surface area contributed by atoms with E-state index in [4.69, 9.17) is 6.42 Å². The summed E-state index contributed by atoms with van der Waals surface area (Å²) >= 11 is 0. The lowest BCUT2D eigenvalue weighted by Crippen LogP contribution is -2.35. The van der Waals surface area contributed by atoms with Gasteiger partial charge in [-0.25, -0.2) is 0 Å². The van der Waals surface area contributed by atoms with Crippen LogP contribution in [0.2, 0.25) is 0 Å². The number of carbonyl (C=O) groups excluding carboxylic acids is 2. The van der Waals surface area contributed by atoms with Gasteiger partial charge in [0.1, 0.15) is 0 Å². The van der Waals surface area contributed by atoms with Crippen molar-refractivity contribution >= 4 is 28.4 Å². The van der Waals surface area contributed by atoms with Crippen molar-refractivity contribution in [2.24, 2.45) is 0 Å². The van der Waals surface area contributed by atoms with Crippen molar-refractivity contribution in [1.29, 1.82) is 0 Å². The molecule has 0 aliphatic heterocycles.